The first-order valence-corrected chi connectivity index (χ1v) is 18.6. The second-order valence-electron chi connectivity index (χ2n) is 13.4. The first-order chi connectivity index (χ1) is 22.6. The quantitative estimate of drug-likeness (QED) is 0.0657. The molecule has 2 heterocycles. The number of aliphatic hydroxyl groups excluding tert-OH is 1. The molecular weight excluding hydrogens is 867 g/mol. The van der Waals surface area contributed by atoms with E-state index in [0.717, 1.165) is 53.3 Å². The van der Waals surface area contributed by atoms with Gasteiger partial charge in [-0.2, -0.15) is 0 Å². The summed E-state index contributed by atoms with van der Waals surface area (Å²) in [5.41, 5.74) is 3.21. The Morgan fingerprint density at radius 3 is 2.08 bits per heavy atom. The molecule has 265 valence electrons. The van der Waals surface area contributed by atoms with Crippen LogP contribution in [0.2, 0.25) is 0 Å². The molecule has 0 aliphatic carbocycles. The van der Waals surface area contributed by atoms with E-state index < -0.39 is 11.6 Å². The van der Waals surface area contributed by atoms with E-state index in [4.69, 9.17) is 4.98 Å². The van der Waals surface area contributed by atoms with Crippen LogP contribution in [-0.2, 0) is 31.3 Å². The van der Waals surface area contributed by atoms with Crippen LogP contribution in [0.3, 0.4) is 0 Å². The molecule has 0 aliphatic rings. The van der Waals surface area contributed by atoms with Gasteiger partial charge in [0.2, 0.25) is 0 Å². The average Bonchev–Trinajstić information content (AvgIpc) is 3.40. The number of fused-ring (bicyclic) bond motifs is 5. The van der Waals surface area contributed by atoms with E-state index in [9.17, 15) is 23.1 Å². The molecule has 2 aromatic heterocycles. The number of pyridine rings is 1. The van der Waals surface area contributed by atoms with Crippen molar-refractivity contribution in [3.8, 4) is 11.3 Å². The number of hydrogen-bond acceptors (Lipinski definition) is 3. The molecule has 0 unspecified atom stereocenters. The molecule has 0 atom stereocenters. The number of aromatic nitrogens is 1. The maximum atomic E-state index is 13.4. The maximum absolute atomic E-state index is 13.4. The van der Waals surface area contributed by atoms with E-state index in [1.54, 1.807) is 0 Å². The number of benzene rings is 3. The predicted molar refractivity (Wildman–Crippen MR) is 195 cm³/mol. The van der Waals surface area contributed by atoms with Crippen LogP contribution in [0.4, 0.5) is 13.2 Å². The molecule has 0 fully saturated rings. The van der Waals surface area contributed by atoms with Crippen molar-refractivity contribution in [1.29, 1.82) is 0 Å². The molecule has 0 aliphatic heterocycles. The van der Waals surface area contributed by atoms with Gasteiger partial charge in [0, 0.05) is 38.0 Å². The molecule has 3 aromatic carbocycles. The molecule has 5 rings (SSSR count). The first-order valence-electron chi connectivity index (χ1n) is 16.9. The Balaban J connectivity index is 0.000000347. The summed E-state index contributed by atoms with van der Waals surface area (Å²) < 4.78 is 42.7. The second kappa shape index (κ2) is 17.0. The Morgan fingerprint density at radius 1 is 0.878 bits per heavy atom. The Hall–Kier alpha value is -2.76. The van der Waals surface area contributed by atoms with Crippen LogP contribution >= 0.6 is 0 Å². The van der Waals surface area contributed by atoms with E-state index in [1.807, 2.05) is 65.1 Å². The van der Waals surface area contributed by atoms with Crippen LogP contribution in [0.25, 0.3) is 41.3 Å². The first kappa shape index (κ1) is 40.7. The number of carbonyl (C=O) groups excluding carboxylic acids is 1. The summed E-state index contributed by atoms with van der Waals surface area (Å²) in [5, 5.41) is 14.3. The van der Waals surface area contributed by atoms with Gasteiger partial charge in [-0.25, -0.2) is 0 Å². The third kappa shape index (κ3) is 9.32. The van der Waals surface area contributed by atoms with Gasteiger partial charge in [0.05, 0.1) is 5.76 Å². The Bertz CT molecular complexity index is 1910. The molecule has 0 spiro atoms. The van der Waals surface area contributed by atoms with Gasteiger partial charge in [-0.3, -0.25) is 4.79 Å². The molecule has 0 saturated carbocycles. The second-order valence-corrected chi connectivity index (χ2v) is 15.6. The van der Waals surface area contributed by atoms with Crippen LogP contribution < -0.4 is 0 Å². The van der Waals surface area contributed by atoms with Gasteiger partial charge in [0.25, 0.3) is 0 Å². The van der Waals surface area contributed by atoms with Gasteiger partial charge in [-0.05, 0) is 25.7 Å². The van der Waals surface area contributed by atoms with Crippen molar-refractivity contribution in [2.24, 2.45) is 17.3 Å². The molecule has 3 nitrogen and oxygen atoms in total. The summed E-state index contributed by atoms with van der Waals surface area (Å²) in [4.78, 5) is 16.4. The van der Waals surface area contributed by atoms with Crippen molar-refractivity contribution >= 4 is 50.4 Å². The molecule has 49 heavy (non-hydrogen) atoms. The van der Waals surface area contributed by atoms with Crippen LogP contribution in [0, 0.1) is 37.2 Å². The third-order valence-electron chi connectivity index (χ3n) is 9.33. The molecule has 0 amide bonds. The van der Waals surface area contributed by atoms with E-state index in [2.05, 4.69) is 37.3 Å². The average molecular weight is 914 g/mol. The van der Waals surface area contributed by atoms with Crippen LogP contribution in [0.15, 0.2) is 66.6 Å². The van der Waals surface area contributed by atoms with Gasteiger partial charge in [0.1, 0.15) is 0 Å². The normalized spacial score (nSPS) is 12.5. The van der Waals surface area contributed by atoms with Crippen LogP contribution in [0.1, 0.15) is 83.9 Å². The van der Waals surface area contributed by atoms with Crippen LogP contribution in [0.5, 0.6) is 0 Å². The van der Waals surface area contributed by atoms with E-state index >= 15 is 0 Å². The predicted octanol–water partition coefficient (Wildman–Crippen LogP) is 11.7. The number of carbonyl (C=O) groups is 1. The summed E-state index contributed by atoms with van der Waals surface area (Å²) in [6, 6.07) is 19.7. The van der Waals surface area contributed by atoms with Crippen molar-refractivity contribution in [3.63, 3.8) is 0 Å². The summed E-state index contributed by atoms with van der Waals surface area (Å²) >= 11 is 0.0476. The number of nitrogens with zero attached hydrogens (tertiary/aromatic N) is 1. The van der Waals surface area contributed by atoms with Crippen molar-refractivity contribution < 1.29 is 43.2 Å². The van der Waals surface area contributed by atoms with E-state index in [-0.39, 0.29) is 64.4 Å². The molecule has 1 N–H and O–H groups in total. The van der Waals surface area contributed by atoms with E-state index in [0.29, 0.717) is 5.56 Å². The fraction of sp³-hybridized carbons (Fsp3) is 0.415. The van der Waals surface area contributed by atoms with Crippen molar-refractivity contribution in [2.75, 3.05) is 0 Å². The maximum Gasteiger partial charge on any atom is 0 e. The summed E-state index contributed by atoms with van der Waals surface area (Å²) in [7, 11) is 0. The van der Waals surface area contributed by atoms with Crippen molar-refractivity contribution in [3.05, 3.63) is 89.3 Å². The number of aryl methyl sites for hydroxylation is 2. The largest absolute Gasteiger partial charge is 0 e. The third-order valence-corrected chi connectivity index (χ3v) is 12.0. The Kier molecular flexibility index (Phi) is 14.1. The standard InChI is InChI=1S/C28H23F3NSe.C13H24O2.Ir/c1-16-11-17(2)13-20(12-16)24-26-23(9-10-32-24)22-8-6-19-14-18(5-7-21(19)25(22)33-26)15-27(3,4)28(29,30)31;1-5-10(6-2)12(14)9-13(15)11(7-3)8-4;/h5-12,14H,15H2,1-4H3;9-11,14H,5-8H2,1-4H3;/q-1;;/b;12-9-;. The summed E-state index contributed by atoms with van der Waals surface area (Å²) in [6.45, 7) is 14.7. The number of hydrogen-bond donors (Lipinski definition) is 1. The smallest absolute Gasteiger partial charge is 0 e. The molecule has 0 saturated heterocycles. The fourth-order valence-corrected chi connectivity index (χ4v) is 9.05. The minimum atomic E-state index is -4.24. The van der Waals surface area contributed by atoms with Crippen molar-refractivity contribution in [2.45, 2.75) is 93.7 Å². The molecular formula is C41H47F3IrNO2Se-. The summed E-state index contributed by atoms with van der Waals surface area (Å²) in [6.07, 6.45) is 2.49. The van der Waals surface area contributed by atoms with Gasteiger partial charge in [-0.1, -0.05) is 27.7 Å². The molecule has 8 heteroatoms. The monoisotopic (exact) mass is 915 g/mol. The molecule has 5 aromatic rings. The zero-order valence-corrected chi connectivity index (χ0v) is 33.8. The minimum absolute atomic E-state index is 0. The fourth-order valence-electron chi connectivity index (χ4n) is 6.25. The number of rotatable bonds is 10. The minimum Gasteiger partial charge on any atom is 0 e. The van der Waals surface area contributed by atoms with Gasteiger partial charge in [0.15, 0.2) is 5.78 Å². The van der Waals surface area contributed by atoms with Gasteiger partial charge in [-0.15, -0.1) is 0 Å². The van der Waals surface area contributed by atoms with Gasteiger partial charge >= 0.3 is 197 Å². The summed E-state index contributed by atoms with van der Waals surface area (Å²) in [5.74, 6) is 0.547. The van der Waals surface area contributed by atoms with Crippen molar-refractivity contribution in [1.82, 2.24) is 4.98 Å². The number of ketones is 1. The number of alkyl halides is 3. The van der Waals surface area contributed by atoms with E-state index in [1.165, 1.54) is 44.8 Å². The topological polar surface area (TPSA) is 50.2 Å². The number of halogens is 3. The Labute approximate surface area is 308 Å². The SMILES string of the molecule is CCC(CC)C(=O)/C=C(\O)C(CC)CC.Cc1[c-]c(-c2nccc3c2[se]c2c4ccc(CC(C)(C)C(F)(F)F)cc4ccc32)cc(C)c1.[Ir]. The Morgan fingerprint density at radius 2 is 1.49 bits per heavy atom. The molecule has 0 bridgehead atoms. The number of allylic oxidation sites excluding steroid dienone is 2. The zero-order valence-electron chi connectivity index (χ0n) is 29.6. The number of aliphatic hydroxyl groups is 1. The zero-order chi connectivity index (χ0) is 35.4. The van der Waals surface area contributed by atoms with Crippen LogP contribution in [-0.4, -0.2) is 36.6 Å². The molecule has 1 radical (unpaired) electrons. The van der Waals surface area contributed by atoms with Gasteiger partial charge < -0.3 is 5.11 Å².